The maximum Gasteiger partial charge on any atom is 0.223 e. The van der Waals surface area contributed by atoms with Gasteiger partial charge in [0, 0.05) is 24.7 Å². The van der Waals surface area contributed by atoms with E-state index >= 15 is 0 Å². The van der Waals surface area contributed by atoms with E-state index in [-0.39, 0.29) is 12.0 Å². The van der Waals surface area contributed by atoms with Gasteiger partial charge in [0.2, 0.25) is 11.8 Å². The van der Waals surface area contributed by atoms with Gasteiger partial charge in [0.1, 0.15) is 17.7 Å². The van der Waals surface area contributed by atoms with Gasteiger partial charge in [-0.05, 0) is 50.8 Å². The summed E-state index contributed by atoms with van der Waals surface area (Å²) in [5.74, 6) is 2.30. The van der Waals surface area contributed by atoms with Crippen molar-refractivity contribution in [3.63, 3.8) is 0 Å². The van der Waals surface area contributed by atoms with Crippen molar-refractivity contribution in [3.05, 3.63) is 47.4 Å². The second-order valence-corrected chi connectivity index (χ2v) is 6.96. The van der Waals surface area contributed by atoms with Crippen LogP contribution < -0.4 is 9.47 Å². The summed E-state index contributed by atoms with van der Waals surface area (Å²) in [6, 6.07) is 9.71. The molecule has 6 heteroatoms. The predicted octanol–water partition coefficient (Wildman–Crippen LogP) is 3.10. The summed E-state index contributed by atoms with van der Waals surface area (Å²) in [5, 5.41) is 0. The summed E-state index contributed by atoms with van der Waals surface area (Å²) in [6.45, 7) is 5.19. The van der Waals surface area contributed by atoms with Gasteiger partial charge in [-0.1, -0.05) is 12.1 Å². The Hall–Kier alpha value is -2.63. The van der Waals surface area contributed by atoms with Gasteiger partial charge in [0.25, 0.3) is 0 Å². The average molecular weight is 369 g/mol. The number of likely N-dealkylation sites (tertiary alicyclic amines) is 1. The first-order chi connectivity index (χ1) is 13.0. The summed E-state index contributed by atoms with van der Waals surface area (Å²) >= 11 is 0. The molecule has 1 amide bonds. The minimum Gasteiger partial charge on any atom is -0.497 e. The zero-order valence-corrected chi connectivity index (χ0v) is 16.3. The first-order valence-corrected chi connectivity index (χ1v) is 9.43. The number of hydrogen-bond acceptors (Lipinski definition) is 5. The minimum absolute atomic E-state index is 0.0163. The molecule has 0 N–H and O–H groups in total. The lowest BCUT2D eigenvalue weighted by atomic mass is 10.1. The van der Waals surface area contributed by atoms with Crippen molar-refractivity contribution >= 4 is 5.91 Å². The Bertz CT molecular complexity index is 756. The Morgan fingerprint density at radius 1 is 1.22 bits per heavy atom. The summed E-state index contributed by atoms with van der Waals surface area (Å²) in [4.78, 5) is 23.1. The van der Waals surface area contributed by atoms with Crippen molar-refractivity contribution < 1.29 is 14.3 Å². The van der Waals surface area contributed by atoms with Crippen LogP contribution in [-0.4, -0.2) is 47.1 Å². The van der Waals surface area contributed by atoms with Crippen LogP contribution >= 0.6 is 0 Å². The Morgan fingerprint density at radius 3 is 2.70 bits per heavy atom. The van der Waals surface area contributed by atoms with Gasteiger partial charge in [0.15, 0.2) is 0 Å². The van der Waals surface area contributed by atoms with Gasteiger partial charge in [-0.3, -0.25) is 4.79 Å². The molecule has 0 spiro atoms. The third kappa shape index (κ3) is 5.42. The van der Waals surface area contributed by atoms with E-state index in [1.54, 1.807) is 7.11 Å². The van der Waals surface area contributed by atoms with Crippen molar-refractivity contribution in [1.82, 2.24) is 14.9 Å². The molecule has 3 rings (SSSR count). The fraction of sp³-hybridized carbons (Fsp3) is 0.476. The summed E-state index contributed by atoms with van der Waals surface area (Å²) in [7, 11) is 1.65. The Balaban J connectivity index is 1.52. The van der Waals surface area contributed by atoms with E-state index in [1.165, 1.54) is 0 Å². The van der Waals surface area contributed by atoms with Crippen molar-refractivity contribution in [3.8, 4) is 11.6 Å². The highest BCUT2D eigenvalue weighted by molar-refractivity contribution is 5.76. The molecule has 0 saturated carbocycles. The highest BCUT2D eigenvalue weighted by atomic mass is 16.5. The number of ether oxygens (including phenoxy) is 2. The molecular formula is C21H27N3O3. The molecule has 1 aliphatic rings. The molecule has 1 fully saturated rings. The third-order valence-electron chi connectivity index (χ3n) is 4.75. The van der Waals surface area contributed by atoms with Gasteiger partial charge in [0.05, 0.1) is 13.7 Å². The number of rotatable bonds is 6. The van der Waals surface area contributed by atoms with Crippen LogP contribution in [0.4, 0.5) is 0 Å². The lowest BCUT2D eigenvalue weighted by molar-refractivity contribution is -0.133. The molecular weight excluding hydrogens is 342 g/mol. The number of nitrogens with zero attached hydrogens (tertiary/aromatic N) is 3. The van der Waals surface area contributed by atoms with Crippen LogP contribution in [0.2, 0.25) is 0 Å². The molecule has 0 unspecified atom stereocenters. The van der Waals surface area contributed by atoms with Gasteiger partial charge in [-0.2, -0.15) is 4.98 Å². The SMILES string of the molecule is COc1ccc(CCC(=O)N2CCC[C@H](Oc3cc(C)nc(C)n3)C2)cc1. The topological polar surface area (TPSA) is 64.5 Å². The van der Waals surface area contributed by atoms with E-state index in [0.29, 0.717) is 24.7 Å². The molecule has 0 bridgehead atoms. The molecule has 1 saturated heterocycles. The molecule has 0 aliphatic carbocycles. The molecule has 27 heavy (non-hydrogen) atoms. The Morgan fingerprint density at radius 2 is 2.00 bits per heavy atom. The average Bonchev–Trinajstić information content (AvgIpc) is 2.66. The molecule has 1 atom stereocenters. The van der Waals surface area contributed by atoms with Gasteiger partial charge >= 0.3 is 0 Å². The van der Waals surface area contributed by atoms with Gasteiger partial charge in [-0.25, -0.2) is 4.98 Å². The monoisotopic (exact) mass is 369 g/mol. The largest absolute Gasteiger partial charge is 0.497 e. The number of hydrogen-bond donors (Lipinski definition) is 0. The van der Waals surface area contributed by atoms with E-state index in [4.69, 9.17) is 9.47 Å². The molecule has 1 aromatic carbocycles. The van der Waals surface area contributed by atoms with Gasteiger partial charge in [-0.15, -0.1) is 0 Å². The van der Waals surface area contributed by atoms with Crippen LogP contribution in [0.5, 0.6) is 11.6 Å². The number of methoxy groups -OCH3 is 1. The molecule has 6 nitrogen and oxygen atoms in total. The standard InChI is InChI=1S/C21H27N3O3/c1-15-13-20(23-16(2)22-15)27-19-5-4-12-24(14-19)21(25)11-8-17-6-9-18(26-3)10-7-17/h6-7,9-10,13,19H,4-5,8,11-12,14H2,1-3H3/t19-/m0/s1. The zero-order chi connectivity index (χ0) is 19.2. The normalized spacial score (nSPS) is 16.9. The van der Waals surface area contributed by atoms with E-state index in [9.17, 15) is 4.79 Å². The van der Waals surface area contributed by atoms with Crippen LogP contribution in [0.3, 0.4) is 0 Å². The Kier molecular flexibility index (Phi) is 6.27. The highest BCUT2D eigenvalue weighted by Crippen LogP contribution is 2.19. The number of aromatic nitrogens is 2. The number of carbonyl (C=O) groups excluding carboxylic acids is 1. The van der Waals surface area contributed by atoms with Crippen molar-refractivity contribution in [1.29, 1.82) is 0 Å². The predicted molar refractivity (Wildman–Crippen MR) is 103 cm³/mol. The maximum atomic E-state index is 12.6. The van der Waals surface area contributed by atoms with Crippen LogP contribution in [-0.2, 0) is 11.2 Å². The van der Waals surface area contributed by atoms with Crippen molar-refractivity contribution in [2.24, 2.45) is 0 Å². The van der Waals surface area contributed by atoms with Crippen LogP contribution in [0, 0.1) is 13.8 Å². The zero-order valence-electron chi connectivity index (χ0n) is 16.3. The lowest BCUT2D eigenvalue weighted by Crippen LogP contribution is -2.44. The fourth-order valence-electron chi connectivity index (χ4n) is 3.38. The van der Waals surface area contributed by atoms with E-state index in [2.05, 4.69) is 9.97 Å². The number of amides is 1. The van der Waals surface area contributed by atoms with Crippen LogP contribution in [0.15, 0.2) is 30.3 Å². The molecule has 144 valence electrons. The first-order valence-electron chi connectivity index (χ1n) is 9.43. The summed E-state index contributed by atoms with van der Waals surface area (Å²) in [6.07, 6.45) is 3.10. The van der Waals surface area contributed by atoms with E-state index in [0.717, 1.165) is 42.8 Å². The molecule has 0 radical (unpaired) electrons. The number of aryl methyl sites for hydroxylation is 3. The lowest BCUT2D eigenvalue weighted by Gasteiger charge is -2.32. The second-order valence-electron chi connectivity index (χ2n) is 6.96. The third-order valence-corrected chi connectivity index (χ3v) is 4.75. The second kappa shape index (κ2) is 8.84. The quantitative estimate of drug-likeness (QED) is 0.783. The van der Waals surface area contributed by atoms with Crippen LogP contribution in [0.25, 0.3) is 0 Å². The maximum absolute atomic E-state index is 12.6. The van der Waals surface area contributed by atoms with Gasteiger partial charge < -0.3 is 14.4 Å². The molecule has 1 aliphatic heterocycles. The van der Waals surface area contributed by atoms with Crippen LogP contribution in [0.1, 0.15) is 36.3 Å². The first kappa shape index (κ1) is 19.1. The molecule has 1 aromatic heterocycles. The highest BCUT2D eigenvalue weighted by Gasteiger charge is 2.25. The number of carbonyl (C=O) groups is 1. The molecule has 2 heterocycles. The Labute approximate surface area is 160 Å². The summed E-state index contributed by atoms with van der Waals surface area (Å²) in [5.41, 5.74) is 2.03. The fourth-order valence-corrected chi connectivity index (χ4v) is 3.38. The van der Waals surface area contributed by atoms with Crippen molar-refractivity contribution in [2.45, 2.75) is 45.6 Å². The number of benzene rings is 1. The van der Waals surface area contributed by atoms with Crippen molar-refractivity contribution in [2.75, 3.05) is 20.2 Å². The minimum atomic E-state index is -0.0163. The van der Waals surface area contributed by atoms with E-state index in [1.807, 2.05) is 49.1 Å². The van der Waals surface area contributed by atoms with E-state index < -0.39 is 0 Å². The molecule has 2 aromatic rings. The number of piperidine rings is 1. The summed E-state index contributed by atoms with van der Waals surface area (Å²) < 4.78 is 11.2. The smallest absolute Gasteiger partial charge is 0.223 e.